The van der Waals surface area contributed by atoms with E-state index in [2.05, 4.69) is 5.32 Å². The van der Waals surface area contributed by atoms with E-state index in [0.29, 0.717) is 5.92 Å². The van der Waals surface area contributed by atoms with Crippen LogP contribution in [0.4, 0.5) is 14.5 Å². The third kappa shape index (κ3) is 1.98. The van der Waals surface area contributed by atoms with E-state index in [9.17, 15) is 13.6 Å². The fraction of sp³-hybridized carbons (Fsp3) is 0.364. The van der Waals surface area contributed by atoms with Crippen molar-refractivity contribution >= 4 is 11.7 Å². The van der Waals surface area contributed by atoms with E-state index in [-0.39, 0.29) is 17.3 Å². The van der Waals surface area contributed by atoms with Crippen LogP contribution < -0.4 is 5.32 Å². The Morgan fingerprint density at radius 2 is 1.94 bits per heavy atom. The molecule has 5 heteroatoms. The number of halogens is 2. The molecule has 86 valence electrons. The molecular weight excluding hydrogens is 216 g/mol. The maximum atomic E-state index is 13.4. The molecule has 0 amide bonds. The topological polar surface area (TPSA) is 49.3 Å². The van der Waals surface area contributed by atoms with Gasteiger partial charge < -0.3 is 10.4 Å². The standard InChI is InChI=1S/C11H11F2NO2/c1-5-2-9(5)14-10-7(12)3-6(11(15)16)4-8(10)13/h3-5,9,14H,2H2,1H3,(H,15,16). The number of rotatable bonds is 3. The highest BCUT2D eigenvalue weighted by molar-refractivity contribution is 5.88. The van der Waals surface area contributed by atoms with Gasteiger partial charge in [-0.15, -0.1) is 0 Å². The second-order valence-corrected chi connectivity index (χ2v) is 4.08. The Morgan fingerprint density at radius 3 is 2.31 bits per heavy atom. The second-order valence-electron chi connectivity index (χ2n) is 4.08. The molecule has 2 N–H and O–H groups in total. The molecule has 3 nitrogen and oxygen atoms in total. The van der Waals surface area contributed by atoms with Gasteiger partial charge in [0.25, 0.3) is 0 Å². The molecule has 0 heterocycles. The zero-order valence-corrected chi connectivity index (χ0v) is 8.63. The molecule has 0 aromatic heterocycles. The Labute approximate surface area is 91.1 Å². The van der Waals surface area contributed by atoms with Crippen LogP contribution in [0.15, 0.2) is 12.1 Å². The highest BCUT2D eigenvalue weighted by atomic mass is 19.1. The van der Waals surface area contributed by atoms with E-state index >= 15 is 0 Å². The zero-order valence-electron chi connectivity index (χ0n) is 8.63. The summed E-state index contributed by atoms with van der Waals surface area (Å²) < 4.78 is 26.8. The van der Waals surface area contributed by atoms with Gasteiger partial charge in [0.1, 0.15) is 17.3 Å². The number of carboxylic acids is 1. The van der Waals surface area contributed by atoms with E-state index < -0.39 is 17.6 Å². The molecule has 1 fully saturated rings. The number of nitrogens with one attached hydrogen (secondary N) is 1. The third-order valence-electron chi connectivity index (χ3n) is 2.73. The molecule has 0 aliphatic heterocycles. The van der Waals surface area contributed by atoms with Crippen LogP contribution in [0.3, 0.4) is 0 Å². The Kier molecular flexibility index (Phi) is 2.53. The van der Waals surface area contributed by atoms with E-state index in [1.807, 2.05) is 6.92 Å². The fourth-order valence-electron chi connectivity index (χ4n) is 1.54. The molecule has 1 saturated carbocycles. The third-order valence-corrected chi connectivity index (χ3v) is 2.73. The summed E-state index contributed by atoms with van der Waals surface area (Å²) >= 11 is 0. The number of hydrogen-bond donors (Lipinski definition) is 2. The molecule has 2 unspecified atom stereocenters. The summed E-state index contributed by atoms with van der Waals surface area (Å²) in [4.78, 5) is 10.5. The first kappa shape index (κ1) is 10.9. The van der Waals surface area contributed by atoms with Crippen molar-refractivity contribution in [2.75, 3.05) is 5.32 Å². The van der Waals surface area contributed by atoms with Gasteiger partial charge >= 0.3 is 5.97 Å². The molecule has 1 aromatic carbocycles. The molecule has 1 aliphatic carbocycles. The number of aromatic carboxylic acids is 1. The maximum absolute atomic E-state index is 13.4. The minimum Gasteiger partial charge on any atom is -0.478 e. The summed E-state index contributed by atoms with van der Waals surface area (Å²) in [7, 11) is 0. The predicted octanol–water partition coefficient (Wildman–Crippen LogP) is 2.48. The highest BCUT2D eigenvalue weighted by Crippen LogP contribution is 2.34. The summed E-state index contributed by atoms with van der Waals surface area (Å²) in [5.41, 5.74) is -0.622. The smallest absolute Gasteiger partial charge is 0.335 e. The van der Waals surface area contributed by atoms with E-state index in [0.717, 1.165) is 18.6 Å². The van der Waals surface area contributed by atoms with Gasteiger partial charge in [-0.05, 0) is 24.5 Å². The van der Waals surface area contributed by atoms with Crippen molar-refractivity contribution in [1.29, 1.82) is 0 Å². The normalized spacial score (nSPS) is 22.9. The lowest BCUT2D eigenvalue weighted by molar-refractivity contribution is 0.0696. The molecule has 16 heavy (non-hydrogen) atoms. The molecule has 2 rings (SSSR count). The van der Waals surface area contributed by atoms with Crippen LogP contribution in [0.2, 0.25) is 0 Å². The summed E-state index contributed by atoms with van der Waals surface area (Å²) in [6.45, 7) is 1.97. The van der Waals surface area contributed by atoms with Crippen LogP contribution in [-0.4, -0.2) is 17.1 Å². The maximum Gasteiger partial charge on any atom is 0.335 e. The second kappa shape index (κ2) is 3.73. The van der Waals surface area contributed by atoms with Crippen molar-refractivity contribution in [3.63, 3.8) is 0 Å². The largest absolute Gasteiger partial charge is 0.478 e. The number of carboxylic acid groups (broad SMARTS) is 1. The molecule has 2 atom stereocenters. The molecule has 0 bridgehead atoms. The van der Waals surface area contributed by atoms with Gasteiger partial charge in [0.05, 0.1) is 5.56 Å². The lowest BCUT2D eigenvalue weighted by atomic mass is 10.2. The SMILES string of the molecule is CC1CC1Nc1c(F)cc(C(=O)O)cc1F. The van der Waals surface area contributed by atoms with Crippen molar-refractivity contribution in [3.05, 3.63) is 29.3 Å². The van der Waals surface area contributed by atoms with Crippen LogP contribution in [0, 0.1) is 17.6 Å². The Morgan fingerprint density at radius 1 is 1.44 bits per heavy atom. The van der Waals surface area contributed by atoms with Crippen LogP contribution in [0.1, 0.15) is 23.7 Å². The molecule has 0 radical (unpaired) electrons. The van der Waals surface area contributed by atoms with Crippen molar-refractivity contribution in [1.82, 2.24) is 0 Å². The van der Waals surface area contributed by atoms with Gasteiger partial charge in [-0.25, -0.2) is 13.6 Å². The average Bonchev–Trinajstić information content (AvgIpc) is 2.87. The van der Waals surface area contributed by atoms with Gasteiger partial charge in [-0.2, -0.15) is 0 Å². The minimum absolute atomic E-state index is 0.0830. The van der Waals surface area contributed by atoms with E-state index in [1.165, 1.54) is 0 Å². The van der Waals surface area contributed by atoms with Gasteiger partial charge in [-0.1, -0.05) is 6.92 Å². The Bertz CT molecular complexity index is 425. The van der Waals surface area contributed by atoms with Gasteiger partial charge in [0.2, 0.25) is 0 Å². The molecule has 0 spiro atoms. The van der Waals surface area contributed by atoms with Crippen LogP contribution in [0.5, 0.6) is 0 Å². The van der Waals surface area contributed by atoms with Crippen molar-refractivity contribution in [2.24, 2.45) is 5.92 Å². The first-order valence-corrected chi connectivity index (χ1v) is 4.98. The molecule has 0 saturated heterocycles. The monoisotopic (exact) mass is 227 g/mol. The zero-order chi connectivity index (χ0) is 11.9. The Balaban J connectivity index is 2.28. The number of benzene rings is 1. The first-order chi connectivity index (χ1) is 7.49. The fourth-order valence-corrected chi connectivity index (χ4v) is 1.54. The highest BCUT2D eigenvalue weighted by Gasteiger charge is 2.33. The minimum atomic E-state index is -1.34. The quantitative estimate of drug-likeness (QED) is 0.834. The summed E-state index contributed by atoms with van der Waals surface area (Å²) in [6.07, 6.45) is 0.875. The number of carbonyl (C=O) groups is 1. The van der Waals surface area contributed by atoms with Crippen molar-refractivity contribution < 1.29 is 18.7 Å². The summed E-state index contributed by atoms with van der Waals surface area (Å²) in [6, 6.07) is 1.72. The van der Waals surface area contributed by atoms with Gasteiger partial charge in [0.15, 0.2) is 0 Å². The predicted molar refractivity (Wildman–Crippen MR) is 54.5 cm³/mol. The number of hydrogen-bond acceptors (Lipinski definition) is 2. The van der Waals surface area contributed by atoms with Crippen molar-refractivity contribution in [3.8, 4) is 0 Å². The van der Waals surface area contributed by atoms with Crippen LogP contribution in [0.25, 0.3) is 0 Å². The van der Waals surface area contributed by atoms with Crippen LogP contribution in [-0.2, 0) is 0 Å². The summed E-state index contributed by atoms with van der Waals surface area (Å²) in [5, 5.41) is 11.3. The van der Waals surface area contributed by atoms with Crippen LogP contribution >= 0.6 is 0 Å². The Hall–Kier alpha value is -1.65. The number of anilines is 1. The lowest BCUT2D eigenvalue weighted by Crippen LogP contribution is -2.09. The van der Waals surface area contributed by atoms with Crippen molar-refractivity contribution in [2.45, 2.75) is 19.4 Å². The summed E-state index contributed by atoms with van der Waals surface area (Å²) in [5.74, 6) is -2.67. The molecular formula is C11H11F2NO2. The van der Waals surface area contributed by atoms with E-state index in [1.54, 1.807) is 0 Å². The first-order valence-electron chi connectivity index (χ1n) is 4.98. The average molecular weight is 227 g/mol. The molecule has 1 aromatic rings. The van der Waals surface area contributed by atoms with E-state index in [4.69, 9.17) is 5.11 Å². The molecule has 1 aliphatic rings. The van der Waals surface area contributed by atoms with Gasteiger partial charge in [0, 0.05) is 6.04 Å². The lowest BCUT2D eigenvalue weighted by Gasteiger charge is -2.08. The van der Waals surface area contributed by atoms with Gasteiger partial charge in [-0.3, -0.25) is 0 Å².